The van der Waals surface area contributed by atoms with E-state index >= 15 is 0 Å². The fraction of sp³-hybridized carbons (Fsp3) is 0.308. The van der Waals surface area contributed by atoms with Crippen LogP contribution >= 0.6 is 0 Å². The van der Waals surface area contributed by atoms with Gasteiger partial charge in [0.25, 0.3) is 0 Å². The van der Waals surface area contributed by atoms with Crippen molar-refractivity contribution in [2.24, 2.45) is 0 Å². The zero-order valence-corrected chi connectivity index (χ0v) is 10.3. The molecule has 0 saturated heterocycles. The van der Waals surface area contributed by atoms with Gasteiger partial charge in [-0.3, -0.25) is 0 Å². The summed E-state index contributed by atoms with van der Waals surface area (Å²) < 4.78 is 5.07. The second kappa shape index (κ2) is 4.49. The number of carbonyl (C=O) groups excluding carboxylic acids is 1. The molecule has 2 rings (SSSR count). The van der Waals surface area contributed by atoms with Gasteiger partial charge in [0.05, 0.1) is 12.2 Å². The number of carbonyl (C=O) groups is 1. The van der Waals surface area contributed by atoms with E-state index in [1.807, 2.05) is 32.2 Å². The van der Waals surface area contributed by atoms with E-state index in [1.54, 1.807) is 6.92 Å². The predicted octanol–water partition coefficient (Wildman–Crippen LogP) is 2.69. The molecule has 0 spiro atoms. The highest BCUT2D eigenvalue weighted by Crippen LogP contribution is 2.25. The summed E-state index contributed by atoms with van der Waals surface area (Å²) in [5, 5.41) is 3.96. The molecule has 0 aliphatic rings. The molecule has 0 saturated carbocycles. The zero-order chi connectivity index (χ0) is 12.4. The number of esters is 1. The lowest BCUT2D eigenvalue weighted by molar-refractivity contribution is 0.0528. The van der Waals surface area contributed by atoms with Crippen molar-refractivity contribution < 1.29 is 9.53 Å². The van der Waals surface area contributed by atoms with Gasteiger partial charge < -0.3 is 15.0 Å². The van der Waals surface area contributed by atoms with Crippen LogP contribution in [0, 0.1) is 6.92 Å². The molecular formula is C13H16N2O2. The van der Waals surface area contributed by atoms with E-state index in [4.69, 9.17) is 4.74 Å². The van der Waals surface area contributed by atoms with Crippen molar-refractivity contribution in [1.29, 1.82) is 0 Å². The Bertz CT molecular complexity index is 558. The molecule has 1 aromatic heterocycles. The summed E-state index contributed by atoms with van der Waals surface area (Å²) >= 11 is 0. The molecule has 1 aromatic carbocycles. The van der Waals surface area contributed by atoms with Crippen molar-refractivity contribution in [1.82, 2.24) is 4.98 Å². The molecule has 0 atom stereocenters. The topological polar surface area (TPSA) is 54.1 Å². The SMILES string of the molecule is CCOC(=O)c1c(C)[nH]c2ccc(NC)cc12. The summed E-state index contributed by atoms with van der Waals surface area (Å²) in [6.07, 6.45) is 0. The number of aromatic amines is 1. The smallest absolute Gasteiger partial charge is 0.340 e. The van der Waals surface area contributed by atoms with E-state index in [1.165, 1.54) is 0 Å². The molecule has 0 radical (unpaired) electrons. The van der Waals surface area contributed by atoms with E-state index in [9.17, 15) is 4.79 Å². The van der Waals surface area contributed by atoms with Crippen LogP contribution in [0.5, 0.6) is 0 Å². The van der Waals surface area contributed by atoms with Gasteiger partial charge in [-0.1, -0.05) is 0 Å². The maximum Gasteiger partial charge on any atom is 0.340 e. The van der Waals surface area contributed by atoms with Crippen LogP contribution < -0.4 is 5.32 Å². The van der Waals surface area contributed by atoms with Crippen LogP contribution in [0.4, 0.5) is 5.69 Å². The van der Waals surface area contributed by atoms with Gasteiger partial charge in [0, 0.05) is 29.3 Å². The number of fused-ring (bicyclic) bond motifs is 1. The minimum Gasteiger partial charge on any atom is -0.462 e. The third-order valence-corrected chi connectivity index (χ3v) is 2.75. The van der Waals surface area contributed by atoms with Gasteiger partial charge in [0.1, 0.15) is 0 Å². The maximum atomic E-state index is 11.9. The van der Waals surface area contributed by atoms with Gasteiger partial charge in [-0.05, 0) is 32.0 Å². The Morgan fingerprint density at radius 2 is 2.24 bits per heavy atom. The molecule has 0 aliphatic carbocycles. The summed E-state index contributed by atoms with van der Waals surface area (Å²) in [6.45, 7) is 4.07. The van der Waals surface area contributed by atoms with Crippen molar-refractivity contribution in [3.63, 3.8) is 0 Å². The number of nitrogens with one attached hydrogen (secondary N) is 2. The van der Waals surface area contributed by atoms with Gasteiger partial charge in [-0.15, -0.1) is 0 Å². The van der Waals surface area contributed by atoms with Crippen LogP contribution in [0.25, 0.3) is 10.9 Å². The number of hydrogen-bond acceptors (Lipinski definition) is 3. The largest absolute Gasteiger partial charge is 0.462 e. The van der Waals surface area contributed by atoms with E-state index in [0.29, 0.717) is 12.2 Å². The average molecular weight is 232 g/mol. The summed E-state index contributed by atoms with van der Waals surface area (Å²) in [5.41, 5.74) is 3.39. The monoisotopic (exact) mass is 232 g/mol. The molecule has 0 amide bonds. The molecule has 2 N–H and O–H groups in total. The van der Waals surface area contributed by atoms with Gasteiger partial charge in [-0.2, -0.15) is 0 Å². The average Bonchev–Trinajstić information content (AvgIpc) is 2.64. The van der Waals surface area contributed by atoms with E-state index in [2.05, 4.69) is 10.3 Å². The van der Waals surface area contributed by atoms with Crippen LogP contribution in [-0.4, -0.2) is 24.6 Å². The molecule has 4 heteroatoms. The van der Waals surface area contributed by atoms with E-state index < -0.39 is 0 Å². The van der Waals surface area contributed by atoms with Crippen LogP contribution in [0.3, 0.4) is 0 Å². The quantitative estimate of drug-likeness (QED) is 0.800. The summed E-state index contributed by atoms with van der Waals surface area (Å²) in [4.78, 5) is 15.1. The minimum atomic E-state index is -0.274. The van der Waals surface area contributed by atoms with Crippen molar-refractivity contribution in [3.05, 3.63) is 29.5 Å². The molecule has 2 aromatic rings. The Morgan fingerprint density at radius 3 is 2.88 bits per heavy atom. The maximum absolute atomic E-state index is 11.9. The summed E-state index contributed by atoms with van der Waals surface area (Å²) in [6, 6.07) is 5.87. The number of H-pyrrole nitrogens is 1. The fourth-order valence-electron chi connectivity index (χ4n) is 1.95. The highest BCUT2D eigenvalue weighted by molar-refractivity contribution is 6.06. The molecular weight excluding hydrogens is 216 g/mol. The second-order valence-electron chi connectivity index (χ2n) is 3.86. The first-order valence-corrected chi connectivity index (χ1v) is 5.64. The Labute approximate surface area is 100.0 Å². The van der Waals surface area contributed by atoms with E-state index in [-0.39, 0.29) is 5.97 Å². The van der Waals surface area contributed by atoms with Gasteiger partial charge >= 0.3 is 5.97 Å². The van der Waals surface area contributed by atoms with Gasteiger partial charge in [0.15, 0.2) is 0 Å². The Morgan fingerprint density at radius 1 is 1.47 bits per heavy atom. The highest BCUT2D eigenvalue weighted by atomic mass is 16.5. The van der Waals surface area contributed by atoms with Crippen LogP contribution in [-0.2, 0) is 4.74 Å². The first-order chi connectivity index (χ1) is 8.17. The first kappa shape index (κ1) is 11.5. The fourth-order valence-corrected chi connectivity index (χ4v) is 1.95. The lowest BCUT2D eigenvalue weighted by Gasteiger charge is -2.03. The first-order valence-electron chi connectivity index (χ1n) is 5.64. The summed E-state index contributed by atoms with van der Waals surface area (Å²) in [7, 11) is 1.85. The number of benzene rings is 1. The number of ether oxygens (including phenoxy) is 1. The zero-order valence-electron chi connectivity index (χ0n) is 10.3. The van der Waals surface area contributed by atoms with Gasteiger partial charge in [0.2, 0.25) is 0 Å². The third kappa shape index (κ3) is 1.98. The van der Waals surface area contributed by atoms with E-state index in [0.717, 1.165) is 22.3 Å². The highest BCUT2D eigenvalue weighted by Gasteiger charge is 2.17. The Kier molecular flexibility index (Phi) is 3.04. The molecule has 4 nitrogen and oxygen atoms in total. The van der Waals surface area contributed by atoms with Crippen molar-refractivity contribution in [2.75, 3.05) is 19.0 Å². The molecule has 0 aliphatic heterocycles. The summed E-state index contributed by atoms with van der Waals surface area (Å²) in [5.74, 6) is -0.274. The van der Waals surface area contributed by atoms with Crippen molar-refractivity contribution in [3.8, 4) is 0 Å². The molecule has 1 heterocycles. The molecule has 17 heavy (non-hydrogen) atoms. The second-order valence-corrected chi connectivity index (χ2v) is 3.86. The normalized spacial score (nSPS) is 10.5. The lowest BCUT2D eigenvalue weighted by Crippen LogP contribution is -2.05. The standard InChI is InChI=1S/C13H16N2O2/c1-4-17-13(16)12-8(2)15-11-6-5-9(14-3)7-10(11)12/h5-7,14-15H,4H2,1-3H3. The molecule has 0 unspecified atom stereocenters. The third-order valence-electron chi connectivity index (χ3n) is 2.75. The number of aryl methyl sites for hydroxylation is 1. The Balaban J connectivity index is 2.60. The lowest BCUT2D eigenvalue weighted by atomic mass is 10.1. The van der Waals surface area contributed by atoms with Crippen LogP contribution in [0.15, 0.2) is 18.2 Å². The van der Waals surface area contributed by atoms with Crippen LogP contribution in [0.2, 0.25) is 0 Å². The number of anilines is 1. The number of hydrogen-bond donors (Lipinski definition) is 2. The Hall–Kier alpha value is -1.97. The number of aromatic nitrogens is 1. The number of rotatable bonds is 3. The van der Waals surface area contributed by atoms with Crippen LogP contribution in [0.1, 0.15) is 23.0 Å². The van der Waals surface area contributed by atoms with Crippen molar-refractivity contribution >= 4 is 22.6 Å². The van der Waals surface area contributed by atoms with Gasteiger partial charge in [-0.25, -0.2) is 4.79 Å². The molecule has 0 bridgehead atoms. The molecule has 90 valence electrons. The molecule has 0 fully saturated rings. The van der Waals surface area contributed by atoms with Crippen molar-refractivity contribution in [2.45, 2.75) is 13.8 Å². The minimum absolute atomic E-state index is 0.274. The predicted molar refractivity (Wildman–Crippen MR) is 68.5 cm³/mol.